The predicted octanol–water partition coefficient (Wildman–Crippen LogP) is 3.28. The molecule has 258 valence electrons. The number of nitrogens with one attached hydrogen (secondary N) is 4. The molecule has 0 spiro atoms. The van der Waals surface area contributed by atoms with E-state index in [-0.39, 0.29) is 37.9 Å². The van der Waals surface area contributed by atoms with Gasteiger partial charge < -0.3 is 40.0 Å². The molecule has 2 unspecified atom stereocenters. The van der Waals surface area contributed by atoms with Crippen LogP contribution in [-0.4, -0.2) is 78.5 Å². The fourth-order valence-corrected chi connectivity index (χ4v) is 5.90. The molecule has 1 fully saturated rings. The summed E-state index contributed by atoms with van der Waals surface area (Å²) in [6.07, 6.45) is 2.31. The Morgan fingerprint density at radius 2 is 1.57 bits per heavy atom. The first kappa shape index (κ1) is 34.8. The minimum absolute atomic E-state index is 0.123. The molecular formula is C37H43N5O7. The Balaban J connectivity index is 1.32. The lowest BCUT2D eigenvalue weighted by atomic mass is 10.0. The van der Waals surface area contributed by atoms with Gasteiger partial charge in [-0.1, -0.05) is 48.5 Å². The van der Waals surface area contributed by atoms with Gasteiger partial charge in [0.25, 0.3) is 0 Å². The molecule has 1 aliphatic rings. The molecule has 2 atom stereocenters. The van der Waals surface area contributed by atoms with Crippen molar-refractivity contribution < 1.29 is 33.4 Å². The van der Waals surface area contributed by atoms with Crippen molar-refractivity contribution in [3.8, 4) is 17.2 Å². The molecule has 2 heterocycles. The van der Waals surface area contributed by atoms with Crippen molar-refractivity contribution in [2.24, 2.45) is 0 Å². The molecule has 12 heteroatoms. The van der Waals surface area contributed by atoms with Gasteiger partial charge in [0.05, 0.1) is 19.8 Å². The van der Waals surface area contributed by atoms with Crippen molar-refractivity contribution in [3.63, 3.8) is 0 Å². The first-order valence-electron chi connectivity index (χ1n) is 16.6. The number of aromatic nitrogens is 1. The lowest BCUT2D eigenvalue weighted by Crippen LogP contribution is -2.61. The Labute approximate surface area is 285 Å². The predicted molar refractivity (Wildman–Crippen MR) is 184 cm³/mol. The molecule has 1 saturated heterocycles. The van der Waals surface area contributed by atoms with Crippen LogP contribution >= 0.6 is 0 Å². The smallest absolute Gasteiger partial charge is 0.246 e. The highest BCUT2D eigenvalue weighted by molar-refractivity contribution is 5.98. The maximum atomic E-state index is 13.8. The number of benzene rings is 3. The second kappa shape index (κ2) is 16.5. The number of nitrogens with zero attached hydrogens (tertiary/aromatic N) is 1. The van der Waals surface area contributed by atoms with Crippen LogP contribution in [0, 0.1) is 0 Å². The van der Waals surface area contributed by atoms with Crippen LogP contribution in [0.3, 0.4) is 0 Å². The molecule has 1 aliphatic heterocycles. The lowest BCUT2D eigenvalue weighted by molar-refractivity contribution is -0.146. The van der Waals surface area contributed by atoms with E-state index in [9.17, 15) is 19.2 Å². The van der Waals surface area contributed by atoms with Gasteiger partial charge in [-0.05, 0) is 55.7 Å². The number of rotatable bonds is 16. The highest BCUT2D eigenvalue weighted by Crippen LogP contribution is 2.39. The van der Waals surface area contributed by atoms with Crippen molar-refractivity contribution in [1.29, 1.82) is 0 Å². The third-order valence-electron chi connectivity index (χ3n) is 8.08. The van der Waals surface area contributed by atoms with Crippen LogP contribution in [0.1, 0.15) is 37.5 Å². The highest BCUT2D eigenvalue weighted by Gasteiger charge is 2.34. The van der Waals surface area contributed by atoms with Crippen LogP contribution in [0.5, 0.6) is 17.2 Å². The number of amides is 4. The average Bonchev–Trinajstić information content (AvgIpc) is 3.50. The van der Waals surface area contributed by atoms with E-state index in [1.807, 2.05) is 81.6 Å². The van der Waals surface area contributed by atoms with Crippen LogP contribution < -0.4 is 30.2 Å². The Morgan fingerprint density at radius 1 is 0.898 bits per heavy atom. The van der Waals surface area contributed by atoms with Crippen molar-refractivity contribution >= 4 is 34.5 Å². The molecule has 0 aliphatic carbocycles. The molecule has 4 N–H and O–H groups in total. The highest BCUT2D eigenvalue weighted by atomic mass is 16.5. The van der Waals surface area contributed by atoms with E-state index in [2.05, 4.69) is 20.9 Å². The van der Waals surface area contributed by atoms with Gasteiger partial charge >= 0.3 is 0 Å². The second-order valence-electron chi connectivity index (χ2n) is 11.6. The van der Waals surface area contributed by atoms with E-state index in [0.29, 0.717) is 43.5 Å². The SMILES string of the molecule is CCOc1cc(CNC(=O)C(Cc2c[nH]c3ccccc23)NC(=O)CN2CC(=O)NC(Cc3ccccc3)C2=O)cc(OCC)c1OCC. The first-order valence-corrected chi connectivity index (χ1v) is 16.6. The minimum atomic E-state index is -0.985. The summed E-state index contributed by atoms with van der Waals surface area (Å²) in [6.45, 7) is 6.36. The standard InChI is InChI=1S/C37H43N5O7/c1-4-47-31-17-25(18-32(48-5-2)35(31)49-6-3)20-39-36(45)29(19-26-21-38-28-15-11-10-14-27(26)28)40-33(43)22-42-23-34(44)41-30(37(42)46)16-24-12-8-7-9-13-24/h7-15,17-18,21,29-30,38H,4-6,16,19-20,22-23H2,1-3H3,(H,39,45)(H,40,43)(H,41,44). The monoisotopic (exact) mass is 669 g/mol. The average molecular weight is 670 g/mol. The van der Waals surface area contributed by atoms with E-state index in [1.165, 1.54) is 4.90 Å². The number of hydrogen-bond donors (Lipinski definition) is 4. The second-order valence-corrected chi connectivity index (χ2v) is 11.6. The molecule has 12 nitrogen and oxygen atoms in total. The summed E-state index contributed by atoms with van der Waals surface area (Å²) in [4.78, 5) is 57.6. The number of hydrogen-bond acceptors (Lipinski definition) is 7. The van der Waals surface area contributed by atoms with Crippen LogP contribution in [0.15, 0.2) is 72.9 Å². The molecule has 1 aromatic heterocycles. The number of piperazine rings is 1. The summed E-state index contributed by atoms with van der Waals surface area (Å²) in [5.41, 5.74) is 3.34. The summed E-state index contributed by atoms with van der Waals surface area (Å²) in [5.74, 6) is -0.185. The third-order valence-corrected chi connectivity index (χ3v) is 8.08. The van der Waals surface area contributed by atoms with Gasteiger partial charge in [0.15, 0.2) is 11.5 Å². The summed E-state index contributed by atoms with van der Waals surface area (Å²) in [5, 5.41) is 9.44. The van der Waals surface area contributed by atoms with Crippen LogP contribution in [0.25, 0.3) is 10.9 Å². The quantitative estimate of drug-likeness (QED) is 0.143. The van der Waals surface area contributed by atoms with E-state index in [4.69, 9.17) is 14.2 Å². The van der Waals surface area contributed by atoms with E-state index < -0.39 is 23.9 Å². The molecule has 0 bridgehead atoms. The summed E-state index contributed by atoms with van der Waals surface area (Å²) in [7, 11) is 0. The Morgan fingerprint density at radius 3 is 2.27 bits per heavy atom. The van der Waals surface area contributed by atoms with Gasteiger partial charge in [-0.3, -0.25) is 19.2 Å². The summed E-state index contributed by atoms with van der Waals surface area (Å²) < 4.78 is 17.5. The van der Waals surface area contributed by atoms with Gasteiger partial charge in [0, 0.05) is 36.5 Å². The lowest BCUT2D eigenvalue weighted by Gasteiger charge is -2.32. The molecule has 0 radical (unpaired) electrons. The maximum Gasteiger partial charge on any atom is 0.246 e. The summed E-state index contributed by atoms with van der Waals surface area (Å²) >= 11 is 0. The third kappa shape index (κ3) is 8.89. The number of aromatic amines is 1. The number of ether oxygens (including phenoxy) is 3. The molecule has 4 aromatic rings. The van der Waals surface area contributed by atoms with Crippen molar-refractivity contribution in [1.82, 2.24) is 25.8 Å². The first-order chi connectivity index (χ1) is 23.8. The summed E-state index contributed by atoms with van der Waals surface area (Å²) in [6, 6.07) is 18.9. The molecule has 4 amide bonds. The molecular weight excluding hydrogens is 626 g/mol. The largest absolute Gasteiger partial charge is 0.490 e. The Hall–Kier alpha value is -5.52. The number of para-hydroxylation sites is 1. The van der Waals surface area contributed by atoms with E-state index >= 15 is 0 Å². The number of carbonyl (C=O) groups is 4. The van der Waals surface area contributed by atoms with Crippen LogP contribution in [-0.2, 0) is 38.6 Å². The van der Waals surface area contributed by atoms with Gasteiger partial charge in [-0.2, -0.15) is 0 Å². The van der Waals surface area contributed by atoms with E-state index in [1.54, 1.807) is 12.1 Å². The van der Waals surface area contributed by atoms with Gasteiger partial charge in [-0.15, -0.1) is 0 Å². The number of fused-ring (bicyclic) bond motifs is 1. The van der Waals surface area contributed by atoms with Crippen molar-refractivity contribution in [3.05, 3.63) is 89.6 Å². The number of H-pyrrole nitrogens is 1. The van der Waals surface area contributed by atoms with Gasteiger partial charge in [-0.25, -0.2) is 0 Å². The fraction of sp³-hybridized carbons (Fsp3) is 0.351. The van der Waals surface area contributed by atoms with Crippen LogP contribution in [0.4, 0.5) is 0 Å². The topological polar surface area (TPSA) is 151 Å². The van der Waals surface area contributed by atoms with Gasteiger partial charge in [0.1, 0.15) is 25.2 Å². The molecule has 49 heavy (non-hydrogen) atoms. The fourth-order valence-electron chi connectivity index (χ4n) is 5.90. The molecule has 3 aromatic carbocycles. The molecule has 0 saturated carbocycles. The Kier molecular flexibility index (Phi) is 11.7. The zero-order valence-corrected chi connectivity index (χ0v) is 28.0. The number of carbonyl (C=O) groups excluding carboxylic acids is 4. The van der Waals surface area contributed by atoms with E-state index in [0.717, 1.165) is 27.6 Å². The normalized spacial score (nSPS) is 15.0. The Bertz CT molecular complexity index is 1750. The van der Waals surface area contributed by atoms with Crippen LogP contribution in [0.2, 0.25) is 0 Å². The molecule has 5 rings (SSSR count). The van der Waals surface area contributed by atoms with Crippen molar-refractivity contribution in [2.45, 2.75) is 52.2 Å². The minimum Gasteiger partial charge on any atom is -0.490 e. The zero-order valence-electron chi connectivity index (χ0n) is 28.0. The van der Waals surface area contributed by atoms with Gasteiger partial charge in [0.2, 0.25) is 29.4 Å². The zero-order chi connectivity index (χ0) is 34.8. The maximum absolute atomic E-state index is 13.8. The van der Waals surface area contributed by atoms with Crippen molar-refractivity contribution in [2.75, 3.05) is 32.9 Å².